The van der Waals surface area contributed by atoms with Crippen LogP contribution in [0.3, 0.4) is 0 Å². The van der Waals surface area contributed by atoms with E-state index in [9.17, 15) is 4.79 Å². The van der Waals surface area contributed by atoms with Gasteiger partial charge in [0.1, 0.15) is 17.1 Å². The van der Waals surface area contributed by atoms with Crippen LogP contribution in [0.15, 0.2) is 45.8 Å². The van der Waals surface area contributed by atoms with E-state index in [0.717, 1.165) is 13.0 Å². The number of furan rings is 1. The maximum absolute atomic E-state index is 11.6. The zero-order chi connectivity index (χ0) is 17.4. The molecule has 0 saturated carbocycles. The Labute approximate surface area is 141 Å². The molecule has 0 aliphatic heterocycles. The number of benzene rings is 1. The first-order chi connectivity index (χ1) is 11.6. The van der Waals surface area contributed by atoms with Gasteiger partial charge in [-0.2, -0.15) is 0 Å². The number of hydrogen-bond acceptors (Lipinski definition) is 4. The lowest BCUT2D eigenvalue weighted by Crippen LogP contribution is -2.37. The third-order valence-corrected chi connectivity index (χ3v) is 3.58. The number of hydrogen-bond donors (Lipinski definition) is 2. The summed E-state index contributed by atoms with van der Waals surface area (Å²) >= 11 is 0. The summed E-state index contributed by atoms with van der Waals surface area (Å²) in [6.45, 7) is 2.94. The Balaban J connectivity index is 1.82. The van der Waals surface area contributed by atoms with Crippen LogP contribution >= 0.6 is 0 Å². The molecule has 128 valence electrons. The highest BCUT2D eigenvalue weighted by atomic mass is 16.5. The normalized spacial score (nSPS) is 11.2. The van der Waals surface area contributed by atoms with E-state index >= 15 is 0 Å². The van der Waals surface area contributed by atoms with Gasteiger partial charge in [0.15, 0.2) is 5.96 Å². The zero-order valence-corrected chi connectivity index (χ0v) is 14.3. The van der Waals surface area contributed by atoms with Gasteiger partial charge in [0.05, 0.1) is 13.7 Å². The van der Waals surface area contributed by atoms with E-state index in [4.69, 9.17) is 9.15 Å². The third kappa shape index (κ3) is 4.87. The Morgan fingerprint density at radius 1 is 1.25 bits per heavy atom. The summed E-state index contributed by atoms with van der Waals surface area (Å²) in [5, 5.41) is 6.41. The van der Waals surface area contributed by atoms with Crippen molar-refractivity contribution in [1.82, 2.24) is 10.6 Å². The van der Waals surface area contributed by atoms with Crippen molar-refractivity contribution in [3.8, 4) is 0 Å². The monoisotopic (exact) mass is 329 g/mol. The molecule has 0 fully saturated rings. The summed E-state index contributed by atoms with van der Waals surface area (Å²) < 4.78 is 10.3. The Morgan fingerprint density at radius 2 is 2.00 bits per heavy atom. The fourth-order valence-electron chi connectivity index (χ4n) is 2.30. The highest BCUT2D eigenvalue weighted by molar-refractivity contribution is 5.90. The summed E-state index contributed by atoms with van der Waals surface area (Å²) in [6, 6.07) is 11.9. The first-order valence-corrected chi connectivity index (χ1v) is 7.80. The van der Waals surface area contributed by atoms with Crippen molar-refractivity contribution in [2.45, 2.75) is 19.9 Å². The summed E-state index contributed by atoms with van der Waals surface area (Å²) in [6.07, 6.45) is 0.911. The SMILES string of the molecule is CN=C(NCCc1ccccc1)NCc1cc(C(=O)OC)c(C)o1. The molecule has 2 N–H and O–H groups in total. The van der Waals surface area contributed by atoms with Gasteiger partial charge in [-0.15, -0.1) is 0 Å². The van der Waals surface area contributed by atoms with Gasteiger partial charge >= 0.3 is 5.97 Å². The molecule has 0 aliphatic carbocycles. The van der Waals surface area contributed by atoms with Crippen LogP contribution in [0.2, 0.25) is 0 Å². The molecule has 6 nitrogen and oxygen atoms in total. The number of guanidine groups is 1. The number of ether oxygens (including phenoxy) is 1. The molecule has 0 spiro atoms. The van der Waals surface area contributed by atoms with Crippen molar-refractivity contribution < 1.29 is 13.9 Å². The van der Waals surface area contributed by atoms with Crippen molar-refractivity contribution in [3.63, 3.8) is 0 Å². The molecule has 0 saturated heterocycles. The molecule has 1 aromatic carbocycles. The molecule has 0 amide bonds. The summed E-state index contributed by atoms with van der Waals surface area (Å²) in [5.74, 6) is 1.48. The van der Waals surface area contributed by atoms with E-state index in [1.165, 1.54) is 12.7 Å². The van der Waals surface area contributed by atoms with Crippen molar-refractivity contribution in [1.29, 1.82) is 0 Å². The Morgan fingerprint density at radius 3 is 2.67 bits per heavy atom. The first-order valence-electron chi connectivity index (χ1n) is 7.80. The lowest BCUT2D eigenvalue weighted by Gasteiger charge is -2.10. The molecule has 0 bridgehead atoms. The van der Waals surface area contributed by atoms with Gasteiger partial charge < -0.3 is 19.8 Å². The molecular formula is C18H23N3O3. The fraction of sp³-hybridized carbons (Fsp3) is 0.333. The van der Waals surface area contributed by atoms with E-state index in [-0.39, 0.29) is 0 Å². The van der Waals surface area contributed by atoms with E-state index in [2.05, 4.69) is 27.8 Å². The quantitative estimate of drug-likeness (QED) is 0.483. The summed E-state index contributed by atoms with van der Waals surface area (Å²) in [5.41, 5.74) is 1.71. The van der Waals surface area contributed by atoms with E-state index in [0.29, 0.717) is 29.6 Å². The van der Waals surface area contributed by atoms with Crippen LogP contribution in [0.5, 0.6) is 0 Å². The molecule has 2 aromatic rings. The van der Waals surface area contributed by atoms with Gasteiger partial charge in [-0.25, -0.2) is 4.79 Å². The molecule has 0 radical (unpaired) electrons. The van der Waals surface area contributed by atoms with Crippen molar-refractivity contribution >= 4 is 11.9 Å². The van der Waals surface area contributed by atoms with E-state index in [1.807, 2.05) is 18.2 Å². The van der Waals surface area contributed by atoms with Crippen LogP contribution < -0.4 is 10.6 Å². The van der Waals surface area contributed by atoms with Crippen LogP contribution in [0.1, 0.15) is 27.4 Å². The van der Waals surface area contributed by atoms with Gasteiger partial charge in [-0.3, -0.25) is 4.99 Å². The lowest BCUT2D eigenvalue weighted by molar-refractivity contribution is 0.0599. The van der Waals surface area contributed by atoms with Gasteiger partial charge in [0.25, 0.3) is 0 Å². The number of rotatable bonds is 6. The lowest BCUT2D eigenvalue weighted by atomic mass is 10.1. The standard InChI is InChI=1S/C18H23N3O3/c1-13-16(17(22)23-3)11-15(24-13)12-21-18(19-2)20-10-9-14-7-5-4-6-8-14/h4-8,11H,9-10,12H2,1-3H3,(H2,19,20,21). The molecule has 0 atom stereocenters. The summed E-state index contributed by atoms with van der Waals surface area (Å²) in [4.78, 5) is 15.8. The maximum atomic E-state index is 11.6. The van der Waals surface area contributed by atoms with E-state index in [1.54, 1.807) is 20.0 Å². The Hall–Kier alpha value is -2.76. The highest BCUT2D eigenvalue weighted by Crippen LogP contribution is 2.15. The molecule has 2 rings (SSSR count). The number of esters is 1. The molecule has 0 unspecified atom stereocenters. The second-order valence-corrected chi connectivity index (χ2v) is 5.26. The van der Waals surface area contributed by atoms with Crippen LogP contribution in [-0.2, 0) is 17.7 Å². The number of carbonyl (C=O) groups is 1. The van der Waals surface area contributed by atoms with Crippen molar-refractivity contribution in [2.24, 2.45) is 4.99 Å². The fourth-order valence-corrected chi connectivity index (χ4v) is 2.30. The van der Waals surface area contributed by atoms with Gasteiger partial charge in [0, 0.05) is 13.6 Å². The molecule has 1 aromatic heterocycles. The topological polar surface area (TPSA) is 75.9 Å². The average molecular weight is 329 g/mol. The number of carbonyl (C=O) groups excluding carboxylic acids is 1. The van der Waals surface area contributed by atoms with Gasteiger partial charge in [-0.05, 0) is 25.0 Å². The second kappa shape index (κ2) is 8.76. The highest BCUT2D eigenvalue weighted by Gasteiger charge is 2.15. The number of aryl methyl sites for hydroxylation is 1. The third-order valence-electron chi connectivity index (χ3n) is 3.58. The molecule has 0 aliphatic rings. The van der Waals surface area contributed by atoms with Crippen LogP contribution in [-0.4, -0.2) is 32.6 Å². The smallest absolute Gasteiger partial charge is 0.341 e. The molecular weight excluding hydrogens is 306 g/mol. The molecule has 6 heteroatoms. The Bertz CT molecular complexity index is 693. The average Bonchev–Trinajstić information content (AvgIpc) is 2.99. The number of nitrogens with one attached hydrogen (secondary N) is 2. The van der Waals surface area contributed by atoms with Gasteiger partial charge in [0.2, 0.25) is 0 Å². The second-order valence-electron chi connectivity index (χ2n) is 5.26. The zero-order valence-electron chi connectivity index (χ0n) is 14.3. The number of aliphatic imine (C=N–C) groups is 1. The number of methoxy groups -OCH3 is 1. The Kier molecular flexibility index (Phi) is 6.42. The van der Waals surface area contributed by atoms with Gasteiger partial charge in [-0.1, -0.05) is 30.3 Å². The van der Waals surface area contributed by atoms with Crippen LogP contribution in [0, 0.1) is 6.92 Å². The molecule has 1 heterocycles. The molecule has 24 heavy (non-hydrogen) atoms. The van der Waals surface area contributed by atoms with E-state index < -0.39 is 5.97 Å². The van der Waals surface area contributed by atoms with Crippen LogP contribution in [0.4, 0.5) is 0 Å². The number of nitrogens with zero attached hydrogens (tertiary/aromatic N) is 1. The first kappa shape index (κ1) is 17.6. The summed E-state index contributed by atoms with van der Waals surface area (Å²) in [7, 11) is 3.07. The minimum Gasteiger partial charge on any atom is -0.465 e. The predicted molar refractivity (Wildman–Crippen MR) is 93.1 cm³/mol. The largest absolute Gasteiger partial charge is 0.465 e. The predicted octanol–water partition coefficient (Wildman–Crippen LogP) is 2.28. The minimum absolute atomic E-state index is 0.395. The van der Waals surface area contributed by atoms with Crippen molar-refractivity contribution in [3.05, 3.63) is 59.0 Å². The maximum Gasteiger partial charge on any atom is 0.341 e. The minimum atomic E-state index is -0.395. The van der Waals surface area contributed by atoms with Crippen molar-refractivity contribution in [2.75, 3.05) is 20.7 Å². The van der Waals surface area contributed by atoms with Crippen LogP contribution in [0.25, 0.3) is 0 Å².